The first-order chi connectivity index (χ1) is 7.47. The van der Waals surface area contributed by atoms with Gasteiger partial charge < -0.3 is 0 Å². The topological polar surface area (TPSA) is 94.9 Å². The van der Waals surface area contributed by atoms with Gasteiger partial charge in [0.05, 0.1) is 4.34 Å². The number of nitrogens with one attached hydrogen (secondary N) is 1. The van der Waals surface area contributed by atoms with E-state index in [1.54, 1.807) is 0 Å². The van der Waals surface area contributed by atoms with E-state index in [1.807, 2.05) is 0 Å². The highest BCUT2D eigenvalue weighted by atomic mass is 35.5. The number of rotatable bonds is 5. The molecule has 1 heterocycles. The highest BCUT2D eigenvalue weighted by Crippen LogP contribution is 2.33. The maximum atomic E-state index is 11.6. The lowest BCUT2D eigenvalue weighted by Crippen LogP contribution is -2.26. The monoisotopic (exact) mass is 300 g/mol. The Morgan fingerprint density at radius 1 is 1.56 bits per heavy atom. The lowest BCUT2D eigenvalue weighted by atomic mass is 10.7. The van der Waals surface area contributed by atoms with Gasteiger partial charge in [0, 0.05) is 18.0 Å². The van der Waals surface area contributed by atoms with E-state index in [9.17, 15) is 8.42 Å². The number of azide groups is 1. The van der Waals surface area contributed by atoms with Crippen LogP contribution in [-0.4, -0.2) is 21.5 Å². The normalized spacial score (nSPS) is 11.1. The van der Waals surface area contributed by atoms with Gasteiger partial charge in [-0.15, -0.1) is 11.3 Å². The minimum absolute atomic E-state index is 0.0101. The van der Waals surface area contributed by atoms with Crippen LogP contribution in [0, 0.1) is 0 Å². The van der Waals surface area contributed by atoms with Crippen molar-refractivity contribution in [2.45, 2.75) is 4.90 Å². The molecule has 0 atom stereocenters. The molecular formula is C6H6Cl2N4O2S2. The molecule has 0 bridgehead atoms. The van der Waals surface area contributed by atoms with Crippen molar-refractivity contribution in [2.75, 3.05) is 13.1 Å². The zero-order chi connectivity index (χ0) is 12.2. The van der Waals surface area contributed by atoms with Crippen molar-refractivity contribution < 1.29 is 8.42 Å². The first-order valence-corrected chi connectivity index (χ1v) is 6.98. The van der Waals surface area contributed by atoms with E-state index in [0.29, 0.717) is 4.34 Å². The quantitative estimate of drug-likeness (QED) is 0.391. The molecule has 0 aliphatic carbocycles. The summed E-state index contributed by atoms with van der Waals surface area (Å²) in [5, 5.41) is 3.19. The summed E-state index contributed by atoms with van der Waals surface area (Å²) in [6, 6.07) is 1.27. The second-order valence-corrected chi connectivity index (χ2v) is 6.56. The van der Waals surface area contributed by atoms with E-state index < -0.39 is 10.0 Å². The third kappa shape index (κ3) is 3.51. The summed E-state index contributed by atoms with van der Waals surface area (Å²) in [6.07, 6.45) is 0. The minimum atomic E-state index is -3.69. The lowest BCUT2D eigenvalue weighted by Gasteiger charge is -2.02. The number of nitrogens with zero attached hydrogens (tertiary/aromatic N) is 3. The van der Waals surface area contributed by atoms with Crippen LogP contribution in [0.3, 0.4) is 0 Å². The first-order valence-electron chi connectivity index (χ1n) is 3.92. The fourth-order valence-electron chi connectivity index (χ4n) is 0.861. The van der Waals surface area contributed by atoms with Crippen LogP contribution >= 0.6 is 34.5 Å². The highest BCUT2D eigenvalue weighted by Gasteiger charge is 2.20. The Morgan fingerprint density at radius 2 is 2.25 bits per heavy atom. The van der Waals surface area contributed by atoms with Crippen LogP contribution in [0.4, 0.5) is 0 Å². The van der Waals surface area contributed by atoms with Gasteiger partial charge in [-0.3, -0.25) is 0 Å². The van der Waals surface area contributed by atoms with E-state index in [-0.39, 0.29) is 22.3 Å². The van der Waals surface area contributed by atoms with E-state index in [2.05, 4.69) is 14.7 Å². The van der Waals surface area contributed by atoms with Gasteiger partial charge in [-0.05, 0) is 11.6 Å². The van der Waals surface area contributed by atoms with Crippen LogP contribution in [-0.2, 0) is 10.0 Å². The van der Waals surface area contributed by atoms with Crippen molar-refractivity contribution in [3.63, 3.8) is 0 Å². The number of hydrogen-bond acceptors (Lipinski definition) is 4. The summed E-state index contributed by atoms with van der Waals surface area (Å²) in [4.78, 5) is 2.43. The Kier molecular flexibility index (Phi) is 4.85. The molecule has 16 heavy (non-hydrogen) atoms. The lowest BCUT2D eigenvalue weighted by molar-refractivity contribution is 0.582. The molecule has 0 amide bonds. The van der Waals surface area contributed by atoms with Gasteiger partial charge in [0.2, 0.25) is 10.0 Å². The molecule has 1 rings (SSSR count). The van der Waals surface area contributed by atoms with Gasteiger partial charge in [0.15, 0.2) is 0 Å². The molecule has 0 saturated heterocycles. The second kappa shape index (κ2) is 5.72. The standard InChI is InChI=1S/C6H6Cl2N4O2S2/c7-5-3-4(6(8)15-5)16(13,14)11-2-1-10-12-9/h3,11H,1-2H2. The van der Waals surface area contributed by atoms with Crippen LogP contribution < -0.4 is 4.72 Å². The molecule has 0 spiro atoms. The molecule has 0 fully saturated rings. The van der Waals surface area contributed by atoms with Gasteiger partial charge >= 0.3 is 0 Å². The summed E-state index contributed by atoms with van der Waals surface area (Å²) >= 11 is 12.3. The zero-order valence-electron chi connectivity index (χ0n) is 7.72. The molecule has 0 aliphatic rings. The molecule has 1 aromatic rings. The van der Waals surface area contributed by atoms with Crippen LogP contribution in [0.15, 0.2) is 16.1 Å². The summed E-state index contributed by atoms with van der Waals surface area (Å²) in [7, 11) is -3.69. The highest BCUT2D eigenvalue weighted by molar-refractivity contribution is 7.89. The van der Waals surface area contributed by atoms with Crippen LogP contribution in [0.1, 0.15) is 0 Å². The fraction of sp³-hybridized carbons (Fsp3) is 0.333. The summed E-state index contributed by atoms with van der Waals surface area (Å²) < 4.78 is 25.9. The molecule has 0 aliphatic heterocycles. The van der Waals surface area contributed by atoms with Gasteiger partial charge in [-0.2, -0.15) is 0 Å². The summed E-state index contributed by atoms with van der Waals surface area (Å²) in [5.41, 5.74) is 8.00. The van der Waals surface area contributed by atoms with E-state index in [1.165, 1.54) is 6.07 Å². The number of halogens is 2. The Balaban J connectivity index is 2.78. The summed E-state index contributed by atoms with van der Waals surface area (Å²) in [6.45, 7) is 0.0431. The Bertz CT molecular complexity index is 521. The van der Waals surface area contributed by atoms with E-state index >= 15 is 0 Å². The third-order valence-corrected chi connectivity index (χ3v) is 4.70. The van der Waals surface area contributed by atoms with E-state index in [4.69, 9.17) is 28.7 Å². The Labute approximate surface area is 106 Å². The van der Waals surface area contributed by atoms with Crippen molar-refractivity contribution in [2.24, 2.45) is 5.11 Å². The first kappa shape index (κ1) is 13.6. The summed E-state index contributed by atoms with van der Waals surface area (Å²) in [5.74, 6) is 0. The predicted molar refractivity (Wildman–Crippen MR) is 63.5 cm³/mol. The largest absolute Gasteiger partial charge is 0.242 e. The van der Waals surface area contributed by atoms with Gasteiger partial charge in [0.25, 0.3) is 0 Å². The zero-order valence-corrected chi connectivity index (χ0v) is 10.9. The van der Waals surface area contributed by atoms with E-state index in [0.717, 1.165) is 11.3 Å². The molecule has 6 nitrogen and oxygen atoms in total. The minimum Gasteiger partial charge on any atom is -0.211 e. The van der Waals surface area contributed by atoms with Crippen LogP contribution in [0.5, 0.6) is 0 Å². The van der Waals surface area contributed by atoms with Crippen molar-refractivity contribution in [1.82, 2.24) is 4.72 Å². The van der Waals surface area contributed by atoms with Crippen molar-refractivity contribution in [3.8, 4) is 0 Å². The molecule has 88 valence electrons. The molecule has 0 saturated carbocycles. The van der Waals surface area contributed by atoms with Gasteiger partial charge in [0.1, 0.15) is 9.23 Å². The second-order valence-electron chi connectivity index (χ2n) is 2.54. The maximum Gasteiger partial charge on any atom is 0.242 e. The van der Waals surface area contributed by atoms with Gasteiger partial charge in [-0.25, -0.2) is 13.1 Å². The molecule has 0 unspecified atom stereocenters. The SMILES string of the molecule is [N-]=[N+]=NCCNS(=O)(=O)c1cc(Cl)sc1Cl. The molecular weight excluding hydrogens is 295 g/mol. The fourth-order valence-corrected chi connectivity index (χ4v) is 4.03. The third-order valence-electron chi connectivity index (χ3n) is 1.48. The average molecular weight is 301 g/mol. The molecule has 0 aromatic carbocycles. The number of sulfonamides is 1. The average Bonchev–Trinajstić information content (AvgIpc) is 2.53. The Hall–Kier alpha value is -0.500. The number of hydrogen-bond donors (Lipinski definition) is 1. The molecule has 10 heteroatoms. The molecule has 1 aromatic heterocycles. The van der Waals surface area contributed by atoms with Crippen molar-refractivity contribution >= 4 is 44.6 Å². The Morgan fingerprint density at radius 3 is 2.75 bits per heavy atom. The maximum absolute atomic E-state index is 11.6. The molecule has 1 N–H and O–H groups in total. The van der Waals surface area contributed by atoms with Crippen LogP contribution in [0.2, 0.25) is 8.67 Å². The van der Waals surface area contributed by atoms with Crippen LogP contribution in [0.25, 0.3) is 10.4 Å². The molecule has 0 radical (unpaired) electrons. The number of thiophene rings is 1. The van der Waals surface area contributed by atoms with Crippen molar-refractivity contribution in [3.05, 3.63) is 25.2 Å². The smallest absolute Gasteiger partial charge is 0.211 e. The predicted octanol–water partition coefficient (Wildman–Crippen LogP) is 2.64. The van der Waals surface area contributed by atoms with Gasteiger partial charge in [-0.1, -0.05) is 28.3 Å². The van der Waals surface area contributed by atoms with Crippen molar-refractivity contribution in [1.29, 1.82) is 0 Å².